The van der Waals surface area contributed by atoms with Crippen molar-refractivity contribution in [3.8, 4) is 0 Å². The molecule has 94 valence electrons. The second-order valence-corrected chi connectivity index (χ2v) is 5.07. The Bertz CT molecular complexity index is 381. The van der Waals surface area contributed by atoms with Crippen molar-refractivity contribution in [3.05, 3.63) is 34.4 Å². The van der Waals surface area contributed by atoms with Crippen LogP contribution in [0.4, 0.5) is 0 Å². The lowest BCUT2D eigenvalue weighted by atomic mass is 9.88. The van der Waals surface area contributed by atoms with Gasteiger partial charge in [-0.1, -0.05) is 32.4 Å². The number of fused-ring (bicyclic) bond motifs is 1. The van der Waals surface area contributed by atoms with E-state index < -0.39 is 0 Å². The zero-order chi connectivity index (χ0) is 12.3. The summed E-state index contributed by atoms with van der Waals surface area (Å²) in [7, 11) is 2.11. The molecule has 17 heavy (non-hydrogen) atoms. The Kier molecular flexibility index (Phi) is 4.22. The number of nitrogens with one attached hydrogen (secondary N) is 1. The molecule has 1 aliphatic carbocycles. The van der Waals surface area contributed by atoms with Gasteiger partial charge >= 0.3 is 0 Å². The molecule has 0 saturated carbocycles. The summed E-state index contributed by atoms with van der Waals surface area (Å²) in [4.78, 5) is 0. The molecule has 1 N–H and O–H groups in total. The van der Waals surface area contributed by atoms with E-state index >= 15 is 0 Å². The molecule has 1 aromatic rings. The molecule has 0 saturated heterocycles. The van der Waals surface area contributed by atoms with Crippen molar-refractivity contribution in [2.75, 3.05) is 7.05 Å². The molecule has 1 unspecified atom stereocenters. The summed E-state index contributed by atoms with van der Waals surface area (Å²) in [5.74, 6) is 0. The van der Waals surface area contributed by atoms with E-state index in [2.05, 4.69) is 38.3 Å². The van der Waals surface area contributed by atoms with Crippen LogP contribution in [0.25, 0.3) is 0 Å². The van der Waals surface area contributed by atoms with E-state index in [1.165, 1.54) is 32.1 Å². The van der Waals surface area contributed by atoms with Crippen molar-refractivity contribution in [2.24, 2.45) is 0 Å². The summed E-state index contributed by atoms with van der Waals surface area (Å²) in [6.45, 7) is 4.55. The molecule has 1 aromatic carbocycles. The van der Waals surface area contributed by atoms with Crippen molar-refractivity contribution in [2.45, 2.75) is 58.4 Å². The van der Waals surface area contributed by atoms with E-state index in [1.807, 2.05) is 0 Å². The van der Waals surface area contributed by atoms with Crippen LogP contribution in [0.2, 0.25) is 0 Å². The summed E-state index contributed by atoms with van der Waals surface area (Å²) >= 11 is 0. The first-order chi connectivity index (χ1) is 8.31. The van der Waals surface area contributed by atoms with Gasteiger partial charge in [0, 0.05) is 6.04 Å². The average molecular weight is 231 g/mol. The monoisotopic (exact) mass is 231 g/mol. The summed E-state index contributed by atoms with van der Waals surface area (Å²) in [5, 5.41) is 3.53. The van der Waals surface area contributed by atoms with Crippen molar-refractivity contribution >= 4 is 0 Å². The second-order valence-electron chi connectivity index (χ2n) is 5.07. The molecular formula is C16H25N. The molecule has 0 aliphatic heterocycles. The zero-order valence-electron chi connectivity index (χ0n) is 11.5. The second kappa shape index (κ2) is 5.68. The summed E-state index contributed by atoms with van der Waals surface area (Å²) < 4.78 is 0. The quantitative estimate of drug-likeness (QED) is 0.780. The third-order valence-corrected chi connectivity index (χ3v) is 4.17. The fraction of sp³-hybridized carbons (Fsp3) is 0.625. The van der Waals surface area contributed by atoms with Gasteiger partial charge in [-0.25, -0.2) is 0 Å². The molecular weight excluding hydrogens is 206 g/mol. The van der Waals surface area contributed by atoms with Gasteiger partial charge in [-0.05, 0) is 61.4 Å². The van der Waals surface area contributed by atoms with Crippen LogP contribution >= 0.6 is 0 Å². The van der Waals surface area contributed by atoms with Gasteiger partial charge in [0.15, 0.2) is 0 Å². The molecule has 0 aromatic heterocycles. The Morgan fingerprint density at radius 3 is 2.47 bits per heavy atom. The normalized spacial score (nSPS) is 19.8. The third kappa shape index (κ3) is 2.40. The van der Waals surface area contributed by atoms with Gasteiger partial charge in [-0.15, -0.1) is 0 Å². The minimum absolute atomic E-state index is 0.578. The average Bonchev–Trinajstić information content (AvgIpc) is 2.59. The van der Waals surface area contributed by atoms with E-state index in [-0.39, 0.29) is 0 Å². The Labute approximate surface area is 106 Å². The van der Waals surface area contributed by atoms with Gasteiger partial charge in [0.25, 0.3) is 0 Å². The number of hydrogen-bond donors (Lipinski definition) is 1. The van der Waals surface area contributed by atoms with Gasteiger partial charge in [0.1, 0.15) is 0 Å². The van der Waals surface area contributed by atoms with Crippen LogP contribution in [0, 0.1) is 0 Å². The highest BCUT2D eigenvalue weighted by Crippen LogP contribution is 2.33. The summed E-state index contributed by atoms with van der Waals surface area (Å²) in [6, 6.07) is 5.29. The molecule has 0 heterocycles. The topological polar surface area (TPSA) is 12.0 Å². The molecule has 1 aliphatic rings. The maximum atomic E-state index is 3.53. The van der Waals surface area contributed by atoms with Gasteiger partial charge < -0.3 is 5.32 Å². The van der Waals surface area contributed by atoms with Crippen LogP contribution in [0.5, 0.6) is 0 Å². The fourth-order valence-corrected chi connectivity index (χ4v) is 3.21. The van der Waals surface area contributed by atoms with Gasteiger partial charge in [0.05, 0.1) is 0 Å². The number of benzene rings is 1. The number of aryl methyl sites for hydroxylation is 2. The molecule has 0 spiro atoms. The Hall–Kier alpha value is -0.820. The highest BCUT2D eigenvalue weighted by atomic mass is 14.9. The van der Waals surface area contributed by atoms with Crippen LogP contribution in [-0.4, -0.2) is 7.05 Å². The Balaban J connectivity index is 2.56. The smallest absolute Gasteiger partial charge is 0.0323 e. The largest absolute Gasteiger partial charge is 0.313 e. The Morgan fingerprint density at radius 2 is 1.82 bits per heavy atom. The van der Waals surface area contributed by atoms with Gasteiger partial charge in [0.2, 0.25) is 0 Å². The van der Waals surface area contributed by atoms with E-state index in [1.54, 1.807) is 22.3 Å². The first-order valence-electron chi connectivity index (χ1n) is 7.12. The minimum Gasteiger partial charge on any atom is -0.313 e. The molecule has 0 bridgehead atoms. The predicted molar refractivity (Wildman–Crippen MR) is 74.6 cm³/mol. The third-order valence-electron chi connectivity index (χ3n) is 4.17. The van der Waals surface area contributed by atoms with Crippen LogP contribution in [0.3, 0.4) is 0 Å². The van der Waals surface area contributed by atoms with E-state index in [0.29, 0.717) is 6.04 Å². The minimum atomic E-state index is 0.578. The molecule has 2 rings (SSSR count). The van der Waals surface area contributed by atoms with E-state index in [9.17, 15) is 0 Å². The van der Waals surface area contributed by atoms with Gasteiger partial charge in [-0.3, -0.25) is 0 Å². The van der Waals surface area contributed by atoms with Crippen molar-refractivity contribution in [3.63, 3.8) is 0 Å². The number of hydrogen-bond acceptors (Lipinski definition) is 1. The summed E-state index contributed by atoms with van der Waals surface area (Å²) in [5.41, 5.74) is 6.41. The molecule has 1 heteroatoms. The molecule has 0 radical (unpaired) electrons. The van der Waals surface area contributed by atoms with Crippen molar-refractivity contribution in [1.29, 1.82) is 0 Å². The van der Waals surface area contributed by atoms with Crippen LogP contribution in [0.1, 0.15) is 61.4 Å². The molecule has 0 amide bonds. The van der Waals surface area contributed by atoms with Crippen LogP contribution in [-0.2, 0) is 19.3 Å². The maximum Gasteiger partial charge on any atom is 0.0323 e. The summed E-state index contributed by atoms with van der Waals surface area (Å²) in [6.07, 6.45) is 7.61. The zero-order valence-corrected chi connectivity index (χ0v) is 11.5. The first kappa shape index (κ1) is 12.6. The number of rotatable bonds is 3. The fourth-order valence-electron chi connectivity index (χ4n) is 3.21. The van der Waals surface area contributed by atoms with E-state index in [4.69, 9.17) is 0 Å². The SMILES string of the molecule is CCc1ccc(CC)c2c1CCCCC2NC. The lowest BCUT2D eigenvalue weighted by Gasteiger charge is -2.22. The van der Waals surface area contributed by atoms with Crippen LogP contribution in [0.15, 0.2) is 12.1 Å². The lowest BCUT2D eigenvalue weighted by Crippen LogP contribution is -2.19. The standard InChI is InChI=1S/C16H25N/c1-4-12-10-11-13(5-2)16-14(12)8-6-7-9-15(16)17-3/h10-11,15,17H,4-9H2,1-3H3. The van der Waals surface area contributed by atoms with Crippen molar-refractivity contribution in [1.82, 2.24) is 5.32 Å². The molecule has 1 atom stereocenters. The highest BCUT2D eigenvalue weighted by molar-refractivity contribution is 5.44. The van der Waals surface area contributed by atoms with E-state index in [0.717, 1.165) is 6.42 Å². The Morgan fingerprint density at radius 1 is 1.12 bits per heavy atom. The highest BCUT2D eigenvalue weighted by Gasteiger charge is 2.21. The van der Waals surface area contributed by atoms with Crippen LogP contribution < -0.4 is 5.32 Å². The lowest BCUT2D eigenvalue weighted by molar-refractivity contribution is 0.530. The molecule has 1 nitrogen and oxygen atoms in total. The first-order valence-corrected chi connectivity index (χ1v) is 7.12. The predicted octanol–water partition coefficient (Wildman–Crippen LogP) is 3.80. The molecule has 0 fully saturated rings. The maximum absolute atomic E-state index is 3.53. The van der Waals surface area contributed by atoms with Crippen molar-refractivity contribution < 1.29 is 0 Å². The van der Waals surface area contributed by atoms with Gasteiger partial charge in [-0.2, -0.15) is 0 Å².